The molecule has 1 aliphatic heterocycles. The molecule has 1 aromatic carbocycles. The average Bonchev–Trinajstić information content (AvgIpc) is 2.88. The molecule has 0 spiro atoms. The summed E-state index contributed by atoms with van der Waals surface area (Å²) < 4.78 is 5.64. The lowest BCUT2D eigenvalue weighted by molar-refractivity contribution is -0.143. The number of nitrogens with zero attached hydrogens (tertiary/aromatic N) is 4. The molecule has 0 saturated carbocycles. The van der Waals surface area contributed by atoms with E-state index in [1.807, 2.05) is 47.4 Å². The first kappa shape index (κ1) is 17.1. The van der Waals surface area contributed by atoms with Gasteiger partial charge in [0.25, 0.3) is 0 Å². The molecule has 1 aliphatic rings. The van der Waals surface area contributed by atoms with Crippen molar-refractivity contribution < 1.29 is 14.6 Å². The summed E-state index contributed by atoms with van der Waals surface area (Å²) in [6.45, 7) is 1.27. The van der Waals surface area contributed by atoms with E-state index in [0.29, 0.717) is 31.1 Å². The first-order chi connectivity index (χ1) is 13.2. The number of carboxylic acid groups (broad SMARTS) is 1. The molecule has 0 bridgehead atoms. The first-order valence-corrected chi connectivity index (χ1v) is 8.63. The van der Waals surface area contributed by atoms with E-state index in [1.54, 1.807) is 6.20 Å². The molecule has 3 aromatic rings. The van der Waals surface area contributed by atoms with Crippen molar-refractivity contribution in [2.24, 2.45) is 0 Å². The van der Waals surface area contributed by atoms with Crippen LogP contribution in [0.3, 0.4) is 0 Å². The summed E-state index contributed by atoms with van der Waals surface area (Å²) in [6, 6.07) is 12.8. The quantitative estimate of drug-likeness (QED) is 0.763. The van der Waals surface area contributed by atoms with E-state index in [0.717, 1.165) is 16.8 Å². The van der Waals surface area contributed by atoms with Crippen LogP contribution in [-0.4, -0.2) is 44.1 Å². The van der Waals surface area contributed by atoms with Crippen molar-refractivity contribution >= 4 is 5.97 Å². The second-order valence-corrected chi connectivity index (χ2v) is 6.22. The standard InChI is InChI=1S/C20H18N4O3/c25-20(26)18-16-11-21-13-23-19(16)27-10-9-24(18)12-14-5-1-2-6-15(14)17-7-3-4-8-22-17/h1-8,11,13,18H,9-10,12H2,(H,25,26). The fourth-order valence-electron chi connectivity index (χ4n) is 3.33. The van der Waals surface area contributed by atoms with Gasteiger partial charge in [-0.25, -0.2) is 9.97 Å². The van der Waals surface area contributed by atoms with Crippen LogP contribution in [-0.2, 0) is 11.3 Å². The molecule has 0 fully saturated rings. The molecule has 0 radical (unpaired) electrons. The fourth-order valence-corrected chi connectivity index (χ4v) is 3.33. The maximum Gasteiger partial charge on any atom is 0.325 e. The third-order valence-corrected chi connectivity index (χ3v) is 4.54. The SMILES string of the molecule is O=C(O)C1c2cncnc2OCCN1Cc1ccccc1-c1ccccn1. The number of hydrogen-bond donors (Lipinski definition) is 1. The van der Waals surface area contributed by atoms with Crippen molar-refractivity contribution in [1.82, 2.24) is 19.9 Å². The Hall–Kier alpha value is -3.32. The van der Waals surface area contributed by atoms with Crippen LogP contribution >= 0.6 is 0 Å². The predicted octanol–water partition coefficient (Wildman–Crippen LogP) is 2.56. The number of aromatic nitrogens is 3. The van der Waals surface area contributed by atoms with Crippen LogP contribution in [0.25, 0.3) is 11.3 Å². The van der Waals surface area contributed by atoms with Crippen molar-refractivity contribution in [3.05, 3.63) is 72.3 Å². The van der Waals surface area contributed by atoms with Crippen molar-refractivity contribution in [1.29, 1.82) is 0 Å². The highest BCUT2D eigenvalue weighted by Gasteiger charge is 2.33. The minimum absolute atomic E-state index is 0.331. The Morgan fingerprint density at radius 1 is 1.19 bits per heavy atom. The van der Waals surface area contributed by atoms with Crippen LogP contribution in [0.1, 0.15) is 17.2 Å². The van der Waals surface area contributed by atoms with Crippen molar-refractivity contribution in [3.8, 4) is 17.1 Å². The zero-order chi connectivity index (χ0) is 18.6. The topological polar surface area (TPSA) is 88.4 Å². The molecule has 136 valence electrons. The fraction of sp³-hybridized carbons (Fsp3) is 0.200. The number of fused-ring (bicyclic) bond motifs is 1. The second kappa shape index (κ2) is 7.51. The van der Waals surface area contributed by atoms with Gasteiger partial charge in [-0.3, -0.25) is 14.7 Å². The molecule has 1 atom stereocenters. The van der Waals surface area contributed by atoms with Crippen LogP contribution < -0.4 is 4.74 Å². The van der Waals surface area contributed by atoms with Gasteiger partial charge in [-0.1, -0.05) is 30.3 Å². The highest BCUT2D eigenvalue weighted by Crippen LogP contribution is 2.32. The molecule has 0 saturated heterocycles. The molecule has 3 heterocycles. The van der Waals surface area contributed by atoms with Crippen LogP contribution in [0.15, 0.2) is 61.2 Å². The van der Waals surface area contributed by atoms with Crippen molar-refractivity contribution in [2.75, 3.05) is 13.2 Å². The number of ether oxygens (including phenoxy) is 1. The maximum absolute atomic E-state index is 12.1. The number of aliphatic carboxylic acids is 1. The predicted molar refractivity (Wildman–Crippen MR) is 98.0 cm³/mol. The second-order valence-electron chi connectivity index (χ2n) is 6.22. The Morgan fingerprint density at radius 3 is 2.85 bits per heavy atom. The summed E-state index contributed by atoms with van der Waals surface area (Å²) in [5.41, 5.74) is 3.31. The van der Waals surface area contributed by atoms with E-state index >= 15 is 0 Å². The number of benzene rings is 1. The monoisotopic (exact) mass is 362 g/mol. The Morgan fingerprint density at radius 2 is 2.04 bits per heavy atom. The average molecular weight is 362 g/mol. The largest absolute Gasteiger partial charge is 0.480 e. The molecule has 4 rings (SSSR count). The first-order valence-electron chi connectivity index (χ1n) is 8.63. The Labute approximate surface area is 156 Å². The molecular weight excluding hydrogens is 344 g/mol. The molecule has 1 unspecified atom stereocenters. The summed E-state index contributed by atoms with van der Waals surface area (Å²) in [5, 5.41) is 9.88. The van der Waals surface area contributed by atoms with Gasteiger partial charge in [0.05, 0.1) is 11.3 Å². The summed E-state index contributed by atoms with van der Waals surface area (Å²) in [6.07, 6.45) is 4.63. The number of carboxylic acids is 1. The van der Waals surface area contributed by atoms with Crippen molar-refractivity contribution in [3.63, 3.8) is 0 Å². The summed E-state index contributed by atoms with van der Waals surface area (Å²) in [5.74, 6) is -0.621. The minimum atomic E-state index is -0.952. The van der Waals surface area contributed by atoms with Crippen LogP contribution in [0, 0.1) is 0 Å². The van der Waals surface area contributed by atoms with E-state index in [4.69, 9.17) is 4.74 Å². The lowest BCUT2D eigenvalue weighted by Gasteiger charge is -2.27. The molecule has 27 heavy (non-hydrogen) atoms. The normalized spacial score (nSPS) is 16.8. The van der Waals surface area contributed by atoms with E-state index < -0.39 is 12.0 Å². The highest BCUT2D eigenvalue weighted by atomic mass is 16.5. The lowest BCUT2D eigenvalue weighted by atomic mass is 10.0. The lowest BCUT2D eigenvalue weighted by Crippen LogP contribution is -2.35. The number of hydrogen-bond acceptors (Lipinski definition) is 6. The Balaban J connectivity index is 1.71. The summed E-state index contributed by atoms with van der Waals surface area (Å²) in [7, 11) is 0. The van der Waals surface area contributed by atoms with Crippen LogP contribution in [0.5, 0.6) is 5.88 Å². The Kier molecular flexibility index (Phi) is 4.76. The zero-order valence-electron chi connectivity index (χ0n) is 14.5. The smallest absolute Gasteiger partial charge is 0.325 e. The van der Waals surface area contributed by atoms with Gasteiger partial charge in [-0.2, -0.15) is 0 Å². The molecule has 7 heteroatoms. The number of carbonyl (C=O) groups is 1. The molecule has 1 N–H and O–H groups in total. The van der Waals surface area contributed by atoms with Gasteiger partial charge < -0.3 is 9.84 Å². The third kappa shape index (κ3) is 3.50. The van der Waals surface area contributed by atoms with Gasteiger partial charge in [-0.15, -0.1) is 0 Å². The maximum atomic E-state index is 12.1. The molecule has 7 nitrogen and oxygen atoms in total. The van der Waals surface area contributed by atoms with E-state index in [2.05, 4.69) is 15.0 Å². The van der Waals surface area contributed by atoms with Gasteiger partial charge in [0.1, 0.15) is 19.0 Å². The van der Waals surface area contributed by atoms with Crippen LogP contribution in [0.2, 0.25) is 0 Å². The number of pyridine rings is 1. The van der Waals surface area contributed by atoms with Gasteiger partial charge in [0, 0.05) is 31.0 Å². The van der Waals surface area contributed by atoms with Gasteiger partial charge in [0.15, 0.2) is 0 Å². The van der Waals surface area contributed by atoms with Gasteiger partial charge in [-0.05, 0) is 17.7 Å². The molecule has 2 aromatic heterocycles. The van der Waals surface area contributed by atoms with Gasteiger partial charge >= 0.3 is 5.97 Å². The third-order valence-electron chi connectivity index (χ3n) is 4.54. The molecule has 0 aliphatic carbocycles. The summed E-state index contributed by atoms with van der Waals surface area (Å²) >= 11 is 0. The van der Waals surface area contributed by atoms with Gasteiger partial charge in [0.2, 0.25) is 5.88 Å². The highest BCUT2D eigenvalue weighted by molar-refractivity contribution is 5.76. The molecular formula is C20H18N4O3. The van der Waals surface area contributed by atoms with E-state index in [9.17, 15) is 9.90 Å². The van der Waals surface area contributed by atoms with Crippen LogP contribution in [0.4, 0.5) is 0 Å². The summed E-state index contributed by atoms with van der Waals surface area (Å²) in [4.78, 5) is 26.4. The molecule has 0 amide bonds. The zero-order valence-corrected chi connectivity index (χ0v) is 14.5. The van der Waals surface area contributed by atoms with Crippen molar-refractivity contribution in [2.45, 2.75) is 12.6 Å². The minimum Gasteiger partial charge on any atom is -0.480 e. The van der Waals surface area contributed by atoms with E-state index in [-0.39, 0.29) is 0 Å². The van der Waals surface area contributed by atoms with E-state index in [1.165, 1.54) is 12.5 Å². The Bertz CT molecular complexity index is 949. The number of rotatable bonds is 4.